The van der Waals surface area contributed by atoms with Crippen LogP contribution in [0, 0.1) is 12.7 Å². The minimum absolute atomic E-state index is 0.0674. The summed E-state index contributed by atoms with van der Waals surface area (Å²) < 4.78 is 13.6. The summed E-state index contributed by atoms with van der Waals surface area (Å²) in [5, 5.41) is 6.91. The Morgan fingerprint density at radius 2 is 2.26 bits per heavy atom. The summed E-state index contributed by atoms with van der Waals surface area (Å²) in [5.74, 6) is 0.0513. The summed E-state index contributed by atoms with van der Waals surface area (Å²) in [5.41, 5.74) is -0.0674. The van der Waals surface area contributed by atoms with Crippen molar-refractivity contribution in [3.8, 4) is 0 Å². The lowest BCUT2D eigenvalue weighted by Gasteiger charge is -2.15. The van der Waals surface area contributed by atoms with Gasteiger partial charge >= 0.3 is 0 Å². The third-order valence-corrected chi connectivity index (χ3v) is 2.76. The first-order valence-electron chi connectivity index (χ1n) is 5.56. The third-order valence-electron chi connectivity index (χ3n) is 2.53. The van der Waals surface area contributed by atoms with Crippen LogP contribution in [0.15, 0.2) is 18.2 Å². The number of carbonyl (C=O) groups excluding carboxylic acids is 1. The molecule has 1 aromatic heterocycles. The van der Waals surface area contributed by atoms with Gasteiger partial charge in [-0.15, -0.1) is 0 Å². The summed E-state index contributed by atoms with van der Waals surface area (Å²) >= 11 is 5.76. The number of hydrogen-bond donors (Lipinski definition) is 1. The fourth-order valence-corrected chi connectivity index (χ4v) is 1.78. The van der Waals surface area contributed by atoms with Crippen LogP contribution >= 0.6 is 11.6 Å². The molecule has 0 aliphatic rings. The van der Waals surface area contributed by atoms with Gasteiger partial charge in [0.1, 0.15) is 11.6 Å². The van der Waals surface area contributed by atoms with Gasteiger partial charge in [0.2, 0.25) is 0 Å². The zero-order chi connectivity index (χ0) is 14.0. The van der Waals surface area contributed by atoms with Crippen LogP contribution in [0.1, 0.15) is 22.0 Å². The average molecular weight is 283 g/mol. The van der Waals surface area contributed by atoms with Crippen molar-refractivity contribution in [2.45, 2.75) is 13.5 Å². The minimum atomic E-state index is -0.604. The molecule has 2 aromatic rings. The first-order chi connectivity index (χ1) is 8.97. The first-order valence-corrected chi connectivity index (χ1v) is 5.93. The minimum Gasteiger partial charge on any atom is -0.334 e. The second-order valence-corrected chi connectivity index (χ2v) is 4.56. The Balaban J connectivity index is 2.16. The van der Waals surface area contributed by atoms with Crippen molar-refractivity contribution < 1.29 is 9.18 Å². The van der Waals surface area contributed by atoms with E-state index in [1.165, 1.54) is 23.1 Å². The normalized spacial score (nSPS) is 10.5. The first kappa shape index (κ1) is 13.5. The quantitative estimate of drug-likeness (QED) is 0.938. The van der Waals surface area contributed by atoms with Crippen LogP contribution in [-0.2, 0) is 6.54 Å². The predicted molar refractivity (Wildman–Crippen MR) is 68.3 cm³/mol. The molecule has 5 nitrogen and oxygen atoms in total. The number of aromatic amines is 1. The number of H-pyrrole nitrogens is 1. The van der Waals surface area contributed by atoms with Crippen molar-refractivity contribution in [3.05, 3.63) is 46.3 Å². The number of benzene rings is 1. The summed E-state index contributed by atoms with van der Waals surface area (Å²) in [6.45, 7) is 1.95. The zero-order valence-electron chi connectivity index (χ0n) is 10.4. The van der Waals surface area contributed by atoms with Crippen molar-refractivity contribution in [2.24, 2.45) is 0 Å². The molecule has 1 heterocycles. The number of amides is 1. The highest BCUT2D eigenvalue weighted by Gasteiger charge is 2.18. The van der Waals surface area contributed by atoms with Crippen LogP contribution in [0.2, 0.25) is 5.02 Å². The summed E-state index contributed by atoms with van der Waals surface area (Å²) in [7, 11) is 1.55. The van der Waals surface area contributed by atoms with Gasteiger partial charge in [-0.3, -0.25) is 9.89 Å². The van der Waals surface area contributed by atoms with Gasteiger partial charge in [0.25, 0.3) is 5.91 Å². The summed E-state index contributed by atoms with van der Waals surface area (Å²) in [6, 6.07) is 3.87. The number of nitrogens with one attached hydrogen (secondary N) is 1. The van der Waals surface area contributed by atoms with E-state index in [4.69, 9.17) is 11.6 Å². The van der Waals surface area contributed by atoms with E-state index in [0.717, 1.165) is 0 Å². The topological polar surface area (TPSA) is 61.9 Å². The van der Waals surface area contributed by atoms with Gasteiger partial charge in [0.15, 0.2) is 5.82 Å². The number of carbonyl (C=O) groups is 1. The zero-order valence-corrected chi connectivity index (χ0v) is 11.2. The van der Waals surface area contributed by atoms with Gasteiger partial charge in [0, 0.05) is 12.1 Å². The Bertz CT molecular complexity index is 614. The SMILES string of the molecule is Cc1nc(CN(C)C(=O)c2cc(Cl)ccc2F)n[nH]1. The molecule has 0 saturated heterocycles. The van der Waals surface area contributed by atoms with Crippen molar-refractivity contribution >= 4 is 17.5 Å². The fraction of sp³-hybridized carbons (Fsp3) is 0.250. The highest BCUT2D eigenvalue weighted by Crippen LogP contribution is 2.16. The molecule has 1 amide bonds. The van der Waals surface area contributed by atoms with Crippen molar-refractivity contribution in [3.63, 3.8) is 0 Å². The van der Waals surface area contributed by atoms with Gasteiger partial charge in [0.05, 0.1) is 12.1 Å². The van der Waals surface area contributed by atoms with E-state index in [0.29, 0.717) is 16.7 Å². The molecule has 1 aromatic carbocycles. The van der Waals surface area contributed by atoms with Crippen LogP contribution < -0.4 is 0 Å². The maximum Gasteiger partial charge on any atom is 0.257 e. The molecule has 0 radical (unpaired) electrons. The maximum absolute atomic E-state index is 13.6. The Morgan fingerprint density at radius 3 is 2.89 bits per heavy atom. The molecular formula is C12H12ClFN4O. The number of aromatic nitrogens is 3. The molecule has 100 valence electrons. The van der Waals surface area contributed by atoms with Crippen molar-refractivity contribution in [2.75, 3.05) is 7.05 Å². The predicted octanol–water partition coefficient (Wildman–Crippen LogP) is 2.18. The molecule has 0 saturated carbocycles. The second-order valence-electron chi connectivity index (χ2n) is 4.12. The second kappa shape index (κ2) is 5.36. The number of hydrogen-bond acceptors (Lipinski definition) is 3. The lowest BCUT2D eigenvalue weighted by atomic mass is 10.2. The van der Waals surface area contributed by atoms with Gasteiger partial charge in [-0.1, -0.05) is 11.6 Å². The standard InChI is InChI=1S/C12H12ClFN4O/c1-7-15-11(17-16-7)6-18(2)12(19)9-5-8(13)3-4-10(9)14/h3-5H,6H2,1-2H3,(H,15,16,17). The van der Waals surface area contributed by atoms with Crippen LogP contribution in [0.25, 0.3) is 0 Å². The smallest absolute Gasteiger partial charge is 0.257 e. The van der Waals surface area contributed by atoms with E-state index in [2.05, 4.69) is 15.2 Å². The molecule has 7 heteroatoms. The molecule has 2 rings (SSSR count). The van der Waals surface area contributed by atoms with E-state index in [1.807, 2.05) is 0 Å². The molecule has 0 bridgehead atoms. The van der Waals surface area contributed by atoms with E-state index in [-0.39, 0.29) is 12.1 Å². The summed E-state index contributed by atoms with van der Waals surface area (Å²) in [6.07, 6.45) is 0. The molecule has 0 spiro atoms. The van der Waals surface area contributed by atoms with E-state index < -0.39 is 11.7 Å². The van der Waals surface area contributed by atoms with Gasteiger partial charge in [-0.2, -0.15) is 5.10 Å². The van der Waals surface area contributed by atoms with Crippen molar-refractivity contribution in [1.82, 2.24) is 20.1 Å². The Labute approximate surface area is 114 Å². The van der Waals surface area contributed by atoms with Crippen molar-refractivity contribution in [1.29, 1.82) is 0 Å². The molecule has 1 N–H and O–H groups in total. The highest BCUT2D eigenvalue weighted by atomic mass is 35.5. The molecule has 0 fully saturated rings. The Morgan fingerprint density at radius 1 is 1.53 bits per heavy atom. The monoisotopic (exact) mass is 282 g/mol. The largest absolute Gasteiger partial charge is 0.334 e. The van der Waals surface area contributed by atoms with Crippen LogP contribution in [-0.4, -0.2) is 33.0 Å². The van der Waals surface area contributed by atoms with E-state index >= 15 is 0 Å². The van der Waals surface area contributed by atoms with Gasteiger partial charge in [-0.25, -0.2) is 9.37 Å². The maximum atomic E-state index is 13.6. The van der Waals surface area contributed by atoms with Crippen LogP contribution in [0.4, 0.5) is 4.39 Å². The number of rotatable bonds is 3. The molecule has 19 heavy (non-hydrogen) atoms. The Hall–Kier alpha value is -1.95. The molecular weight excluding hydrogens is 271 g/mol. The van der Waals surface area contributed by atoms with Gasteiger partial charge < -0.3 is 4.90 Å². The van der Waals surface area contributed by atoms with E-state index in [9.17, 15) is 9.18 Å². The van der Waals surface area contributed by atoms with Crippen LogP contribution in [0.3, 0.4) is 0 Å². The lowest BCUT2D eigenvalue weighted by molar-refractivity contribution is 0.0777. The lowest BCUT2D eigenvalue weighted by Crippen LogP contribution is -2.27. The fourth-order valence-electron chi connectivity index (χ4n) is 1.61. The average Bonchev–Trinajstić information content (AvgIpc) is 2.77. The molecule has 0 aliphatic carbocycles. The number of nitrogens with zero attached hydrogens (tertiary/aromatic N) is 3. The van der Waals surface area contributed by atoms with E-state index in [1.54, 1.807) is 14.0 Å². The number of halogens is 2. The highest BCUT2D eigenvalue weighted by molar-refractivity contribution is 6.30. The molecule has 0 unspecified atom stereocenters. The molecule has 0 atom stereocenters. The number of aryl methyl sites for hydroxylation is 1. The van der Waals surface area contributed by atoms with Gasteiger partial charge in [-0.05, 0) is 25.1 Å². The molecule has 0 aliphatic heterocycles. The third kappa shape index (κ3) is 3.08. The van der Waals surface area contributed by atoms with Crippen LogP contribution in [0.5, 0.6) is 0 Å². The summed E-state index contributed by atoms with van der Waals surface area (Å²) in [4.78, 5) is 17.5. The Kier molecular flexibility index (Phi) is 3.80.